The van der Waals surface area contributed by atoms with Crippen LogP contribution in [0.5, 0.6) is 0 Å². The summed E-state index contributed by atoms with van der Waals surface area (Å²) in [5.74, 6) is -0.975. The number of nitrogen functional groups attached to an aromatic ring is 1. The summed E-state index contributed by atoms with van der Waals surface area (Å²) in [6, 6.07) is 7.07. The van der Waals surface area contributed by atoms with Crippen molar-refractivity contribution in [2.24, 2.45) is 0 Å². The molecule has 2 rings (SSSR count). The van der Waals surface area contributed by atoms with E-state index in [-0.39, 0.29) is 11.6 Å². The topological polar surface area (TPSA) is 75.3 Å². The molecule has 0 saturated heterocycles. The van der Waals surface area contributed by atoms with Gasteiger partial charge in [0.15, 0.2) is 0 Å². The van der Waals surface area contributed by atoms with Gasteiger partial charge < -0.3 is 16.2 Å². The molecule has 0 saturated carbocycles. The summed E-state index contributed by atoms with van der Waals surface area (Å²) in [6.07, 6.45) is 0.830. The van der Waals surface area contributed by atoms with Gasteiger partial charge in [0.1, 0.15) is 0 Å². The Kier molecular flexibility index (Phi) is 4.06. The number of para-hydroxylation sites is 1. The molecule has 4 nitrogen and oxygen atoms in total. The minimum absolute atomic E-state index is 0.109. The monoisotopic (exact) mass is 276 g/mol. The van der Waals surface area contributed by atoms with Gasteiger partial charge >= 0.3 is 5.97 Å². The van der Waals surface area contributed by atoms with Crippen molar-refractivity contribution in [3.8, 4) is 0 Å². The number of hydrogen-bond donors (Lipinski definition) is 3. The first-order valence-corrected chi connectivity index (χ1v) is 6.91. The van der Waals surface area contributed by atoms with Crippen molar-refractivity contribution in [3.05, 3.63) is 46.2 Å². The second-order valence-corrected chi connectivity index (χ2v) is 5.24. The number of nitrogens with one attached hydrogen (secondary N) is 1. The zero-order valence-electron chi connectivity index (χ0n) is 10.6. The summed E-state index contributed by atoms with van der Waals surface area (Å²) in [6.45, 7) is 2.01. The fraction of sp³-hybridized carbons (Fsp3) is 0.214. The number of thiophene rings is 1. The fourth-order valence-corrected chi connectivity index (χ4v) is 2.65. The van der Waals surface area contributed by atoms with E-state index in [9.17, 15) is 4.79 Å². The number of carbonyl (C=O) groups is 1. The SMILES string of the molecule is CC(Cc1ccsc1)Nc1c(N)cccc1C(=O)O. The van der Waals surface area contributed by atoms with Crippen LogP contribution in [0, 0.1) is 0 Å². The molecule has 0 amide bonds. The summed E-state index contributed by atoms with van der Waals surface area (Å²) >= 11 is 1.65. The molecule has 1 aromatic carbocycles. The van der Waals surface area contributed by atoms with Crippen molar-refractivity contribution >= 4 is 28.7 Å². The average molecular weight is 276 g/mol. The quantitative estimate of drug-likeness (QED) is 0.734. The number of carboxylic acid groups (broad SMARTS) is 1. The number of hydrogen-bond acceptors (Lipinski definition) is 4. The van der Waals surface area contributed by atoms with Crippen LogP contribution in [0.4, 0.5) is 11.4 Å². The molecule has 2 aromatic rings. The molecule has 0 aliphatic carbocycles. The Labute approximate surface area is 115 Å². The van der Waals surface area contributed by atoms with Gasteiger partial charge in [-0.25, -0.2) is 4.79 Å². The van der Waals surface area contributed by atoms with E-state index >= 15 is 0 Å². The second kappa shape index (κ2) is 5.75. The maximum absolute atomic E-state index is 11.2. The molecule has 19 heavy (non-hydrogen) atoms. The molecule has 0 spiro atoms. The number of rotatable bonds is 5. The lowest BCUT2D eigenvalue weighted by atomic mass is 10.1. The third-order valence-electron chi connectivity index (χ3n) is 2.84. The van der Waals surface area contributed by atoms with Crippen molar-refractivity contribution in [2.45, 2.75) is 19.4 Å². The Morgan fingerprint density at radius 2 is 2.26 bits per heavy atom. The van der Waals surface area contributed by atoms with Crippen LogP contribution < -0.4 is 11.1 Å². The largest absolute Gasteiger partial charge is 0.478 e. The van der Waals surface area contributed by atoms with E-state index in [0.29, 0.717) is 11.4 Å². The lowest BCUT2D eigenvalue weighted by Gasteiger charge is -2.18. The summed E-state index contributed by atoms with van der Waals surface area (Å²) < 4.78 is 0. The highest BCUT2D eigenvalue weighted by molar-refractivity contribution is 7.07. The molecular formula is C14H16N2O2S. The van der Waals surface area contributed by atoms with Gasteiger partial charge in [-0.05, 0) is 47.9 Å². The average Bonchev–Trinajstić information content (AvgIpc) is 2.84. The van der Waals surface area contributed by atoms with Crippen molar-refractivity contribution in [1.82, 2.24) is 0 Å². The normalized spacial score (nSPS) is 12.1. The number of aromatic carboxylic acids is 1. The Morgan fingerprint density at radius 3 is 2.89 bits per heavy atom. The summed E-state index contributed by atoms with van der Waals surface area (Å²) in [5, 5.41) is 16.5. The van der Waals surface area contributed by atoms with Crippen LogP contribution in [-0.2, 0) is 6.42 Å². The molecule has 5 heteroatoms. The number of anilines is 2. The molecule has 0 bridgehead atoms. The van der Waals surface area contributed by atoms with E-state index in [1.54, 1.807) is 29.5 Å². The van der Waals surface area contributed by atoms with Gasteiger partial charge in [0.05, 0.1) is 16.9 Å². The first-order chi connectivity index (χ1) is 9.08. The van der Waals surface area contributed by atoms with Gasteiger partial charge in [-0.3, -0.25) is 0 Å². The molecule has 1 atom stereocenters. The zero-order valence-corrected chi connectivity index (χ0v) is 11.4. The predicted molar refractivity (Wildman–Crippen MR) is 78.9 cm³/mol. The van der Waals surface area contributed by atoms with Crippen molar-refractivity contribution < 1.29 is 9.90 Å². The second-order valence-electron chi connectivity index (χ2n) is 4.46. The summed E-state index contributed by atoms with van der Waals surface area (Å²) in [7, 11) is 0. The highest BCUT2D eigenvalue weighted by Crippen LogP contribution is 2.25. The molecule has 1 heterocycles. The molecule has 1 unspecified atom stereocenters. The maximum Gasteiger partial charge on any atom is 0.337 e. The highest BCUT2D eigenvalue weighted by atomic mass is 32.1. The van der Waals surface area contributed by atoms with Gasteiger partial charge in [0.2, 0.25) is 0 Å². The minimum Gasteiger partial charge on any atom is -0.478 e. The van der Waals surface area contributed by atoms with E-state index in [2.05, 4.69) is 16.8 Å². The summed E-state index contributed by atoms with van der Waals surface area (Å²) in [4.78, 5) is 11.2. The molecule has 0 fully saturated rings. The van der Waals surface area contributed by atoms with Crippen molar-refractivity contribution in [2.75, 3.05) is 11.1 Å². The number of benzene rings is 1. The fourth-order valence-electron chi connectivity index (χ4n) is 1.97. The molecule has 4 N–H and O–H groups in total. The Bertz CT molecular complexity index is 567. The summed E-state index contributed by atoms with van der Waals surface area (Å²) in [5.41, 5.74) is 8.25. The standard InChI is InChI=1S/C14H16N2O2S/c1-9(7-10-5-6-19-8-10)16-13-11(14(17)18)3-2-4-12(13)15/h2-6,8-9,16H,7,15H2,1H3,(H,17,18). The van der Waals surface area contributed by atoms with Gasteiger partial charge in [-0.2, -0.15) is 11.3 Å². The minimum atomic E-state index is -0.975. The Balaban J connectivity index is 2.16. The third-order valence-corrected chi connectivity index (χ3v) is 3.57. The smallest absolute Gasteiger partial charge is 0.337 e. The molecular weight excluding hydrogens is 260 g/mol. The molecule has 0 radical (unpaired) electrons. The first kappa shape index (κ1) is 13.4. The van der Waals surface area contributed by atoms with Crippen molar-refractivity contribution in [3.63, 3.8) is 0 Å². The predicted octanol–water partition coefficient (Wildman–Crippen LogP) is 3.07. The van der Waals surface area contributed by atoms with Gasteiger partial charge in [0, 0.05) is 6.04 Å². The van der Waals surface area contributed by atoms with E-state index < -0.39 is 5.97 Å². The lowest BCUT2D eigenvalue weighted by molar-refractivity contribution is 0.0698. The van der Waals surface area contributed by atoms with Crippen LogP contribution in [0.1, 0.15) is 22.8 Å². The lowest BCUT2D eigenvalue weighted by Crippen LogP contribution is -2.20. The molecule has 100 valence electrons. The van der Waals surface area contributed by atoms with Crippen LogP contribution in [0.15, 0.2) is 35.0 Å². The van der Waals surface area contributed by atoms with E-state index in [1.165, 1.54) is 5.56 Å². The van der Waals surface area contributed by atoms with E-state index in [1.807, 2.05) is 12.3 Å². The van der Waals surface area contributed by atoms with Crippen LogP contribution in [0.3, 0.4) is 0 Å². The van der Waals surface area contributed by atoms with Gasteiger partial charge in [-0.1, -0.05) is 6.07 Å². The molecule has 0 aliphatic rings. The first-order valence-electron chi connectivity index (χ1n) is 5.97. The maximum atomic E-state index is 11.2. The Morgan fingerprint density at radius 1 is 1.47 bits per heavy atom. The number of nitrogens with two attached hydrogens (primary N) is 1. The van der Waals surface area contributed by atoms with Crippen LogP contribution in [0.2, 0.25) is 0 Å². The molecule has 1 aromatic heterocycles. The van der Waals surface area contributed by atoms with Crippen molar-refractivity contribution in [1.29, 1.82) is 0 Å². The zero-order chi connectivity index (χ0) is 13.8. The van der Waals surface area contributed by atoms with Crippen LogP contribution in [-0.4, -0.2) is 17.1 Å². The van der Waals surface area contributed by atoms with E-state index in [4.69, 9.17) is 10.8 Å². The van der Waals surface area contributed by atoms with Crippen LogP contribution in [0.25, 0.3) is 0 Å². The third kappa shape index (κ3) is 3.26. The highest BCUT2D eigenvalue weighted by Gasteiger charge is 2.14. The van der Waals surface area contributed by atoms with Crippen LogP contribution >= 0.6 is 11.3 Å². The van der Waals surface area contributed by atoms with Gasteiger partial charge in [-0.15, -0.1) is 0 Å². The number of carboxylic acids is 1. The Hall–Kier alpha value is -2.01. The van der Waals surface area contributed by atoms with Gasteiger partial charge in [0.25, 0.3) is 0 Å². The van der Waals surface area contributed by atoms with E-state index in [0.717, 1.165) is 6.42 Å². The molecule has 0 aliphatic heterocycles.